The lowest BCUT2D eigenvalue weighted by Crippen LogP contribution is -2.13. The lowest BCUT2D eigenvalue weighted by atomic mass is 10.1. The second kappa shape index (κ2) is 4.70. The number of pyridine rings is 1. The largest absolute Gasteiger partial charge is 0.480 e. The van der Waals surface area contributed by atoms with Gasteiger partial charge in [-0.15, -0.1) is 0 Å². The molecule has 0 spiro atoms. The number of carboxylic acid groups (broad SMARTS) is 2. The van der Waals surface area contributed by atoms with Crippen LogP contribution >= 0.6 is 0 Å². The zero-order chi connectivity index (χ0) is 13.1. The highest BCUT2D eigenvalue weighted by Gasteiger charge is 2.08. The number of hydrogen-bond acceptors (Lipinski definition) is 4. The van der Waals surface area contributed by atoms with Crippen LogP contribution in [0, 0.1) is 0 Å². The summed E-state index contributed by atoms with van der Waals surface area (Å²) in [5, 5.41) is 21.5. The SMILES string of the molecule is O=C(O)CNc1nccc2ccc(C(=O)O)cc12. The first-order valence-electron chi connectivity index (χ1n) is 5.15. The smallest absolute Gasteiger partial charge is 0.335 e. The van der Waals surface area contributed by atoms with E-state index < -0.39 is 11.9 Å². The van der Waals surface area contributed by atoms with Crippen LogP contribution in [0.4, 0.5) is 5.82 Å². The number of rotatable bonds is 4. The second-order valence-corrected chi connectivity index (χ2v) is 3.65. The zero-order valence-corrected chi connectivity index (χ0v) is 9.25. The van der Waals surface area contributed by atoms with Crippen molar-refractivity contribution in [1.29, 1.82) is 0 Å². The molecule has 0 atom stereocenters. The van der Waals surface area contributed by atoms with Gasteiger partial charge in [0.15, 0.2) is 0 Å². The quantitative estimate of drug-likeness (QED) is 0.754. The number of aliphatic carboxylic acids is 1. The first-order chi connectivity index (χ1) is 8.58. The molecule has 0 amide bonds. The zero-order valence-electron chi connectivity index (χ0n) is 9.25. The van der Waals surface area contributed by atoms with Crippen molar-refractivity contribution in [3.63, 3.8) is 0 Å². The van der Waals surface area contributed by atoms with E-state index in [0.29, 0.717) is 11.2 Å². The molecule has 18 heavy (non-hydrogen) atoms. The molecule has 1 aromatic carbocycles. The Morgan fingerprint density at radius 1 is 1.22 bits per heavy atom. The fourth-order valence-corrected chi connectivity index (χ4v) is 1.60. The van der Waals surface area contributed by atoms with Gasteiger partial charge < -0.3 is 15.5 Å². The van der Waals surface area contributed by atoms with Crippen LogP contribution in [-0.4, -0.2) is 33.7 Å². The molecule has 92 valence electrons. The van der Waals surface area contributed by atoms with Crippen molar-refractivity contribution < 1.29 is 19.8 Å². The summed E-state index contributed by atoms with van der Waals surface area (Å²) in [7, 11) is 0. The summed E-state index contributed by atoms with van der Waals surface area (Å²) < 4.78 is 0. The maximum Gasteiger partial charge on any atom is 0.335 e. The fraction of sp³-hybridized carbons (Fsp3) is 0.0833. The number of nitrogens with zero attached hydrogens (tertiary/aromatic N) is 1. The number of carboxylic acids is 2. The molecule has 0 fully saturated rings. The van der Waals surface area contributed by atoms with Gasteiger partial charge >= 0.3 is 11.9 Å². The number of aromatic carboxylic acids is 1. The highest BCUT2D eigenvalue weighted by atomic mass is 16.4. The van der Waals surface area contributed by atoms with Crippen molar-refractivity contribution >= 4 is 28.5 Å². The van der Waals surface area contributed by atoms with E-state index in [1.807, 2.05) is 0 Å². The van der Waals surface area contributed by atoms with E-state index in [1.54, 1.807) is 12.1 Å². The Bertz CT molecular complexity index is 625. The molecule has 6 nitrogen and oxygen atoms in total. The standard InChI is InChI=1S/C12H10N2O4/c15-10(16)6-14-11-9-5-8(12(17)18)2-1-7(9)3-4-13-11/h1-5H,6H2,(H,13,14)(H,15,16)(H,17,18). The average molecular weight is 246 g/mol. The predicted octanol–water partition coefficient (Wildman–Crippen LogP) is 1.43. The Balaban J connectivity index is 2.48. The Morgan fingerprint density at radius 2 is 2.00 bits per heavy atom. The molecule has 2 aromatic rings. The molecule has 0 aliphatic heterocycles. The molecule has 0 unspecified atom stereocenters. The van der Waals surface area contributed by atoms with Gasteiger partial charge in [-0.3, -0.25) is 4.79 Å². The summed E-state index contributed by atoms with van der Waals surface area (Å²) in [5.74, 6) is -1.69. The van der Waals surface area contributed by atoms with Gasteiger partial charge in [0.05, 0.1) is 5.56 Å². The van der Waals surface area contributed by atoms with Crippen LogP contribution in [0.2, 0.25) is 0 Å². The minimum atomic E-state index is -1.04. The van der Waals surface area contributed by atoms with E-state index in [9.17, 15) is 9.59 Å². The molecule has 0 aliphatic carbocycles. The van der Waals surface area contributed by atoms with Crippen molar-refractivity contribution in [2.24, 2.45) is 0 Å². The monoisotopic (exact) mass is 246 g/mol. The molecule has 0 saturated heterocycles. The van der Waals surface area contributed by atoms with Crippen molar-refractivity contribution in [2.45, 2.75) is 0 Å². The lowest BCUT2D eigenvalue weighted by molar-refractivity contribution is -0.134. The van der Waals surface area contributed by atoms with Gasteiger partial charge in [0, 0.05) is 11.6 Å². The summed E-state index contributed by atoms with van der Waals surface area (Å²) in [5.41, 5.74) is 0.133. The highest BCUT2D eigenvalue weighted by molar-refractivity contribution is 5.98. The predicted molar refractivity (Wildman–Crippen MR) is 64.8 cm³/mol. The van der Waals surface area contributed by atoms with Crippen molar-refractivity contribution in [3.8, 4) is 0 Å². The Kier molecular flexibility index (Phi) is 3.09. The molecule has 3 N–H and O–H groups in total. The van der Waals surface area contributed by atoms with Crippen molar-refractivity contribution in [3.05, 3.63) is 36.0 Å². The molecule has 0 saturated carbocycles. The Labute approximate surface area is 102 Å². The van der Waals surface area contributed by atoms with Crippen LogP contribution in [0.3, 0.4) is 0 Å². The minimum absolute atomic E-state index is 0.133. The number of hydrogen-bond donors (Lipinski definition) is 3. The molecule has 6 heteroatoms. The number of aromatic nitrogens is 1. The van der Waals surface area contributed by atoms with Crippen molar-refractivity contribution in [1.82, 2.24) is 4.98 Å². The molecular weight excluding hydrogens is 236 g/mol. The third-order valence-corrected chi connectivity index (χ3v) is 2.42. The van der Waals surface area contributed by atoms with Gasteiger partial charge in [-0.05, 0) is 23.6 Å². The molecule has 0 bridgehead atoms. The van der Waals surface area contributed by atoms with Gasteiger partial charge in [-0.2, -0.15) is 0 Å². The summed E-state index contributed by atoms with van der Waals surface area (Å²) in [6, 6.07) is 6.35. The number of benzene rings is 1. The highest BCUT2D eigenvalue weighted by Crippen LogP contribution is 2.22. The number of nitrogens with one attached hydrogen (secondary N) is 1. The topological polar surface area (TPSA) is 99.5 Å². The summed E-state index contributed by atoms with van der Waals surface area (Å²) >= 11 is 0. The van der Waals surface area contributed by atoms with Crippen LogP contribution in [0.1, 0.15) is 10.4 Å². The van der Waals surface area contributed by atoms with Crippen LogP contribution in [0.15, 0.2) is 30.5 Å². The fourth-order valence-electron chi connectivity index (χ4n) is 1.60. The van der Waals surface area contributed by atoms with Gasteiger partial charge in [0.1, 0.15) is 12.4 Å². The van der Waals surface area contributed by atoms with E-state index in [4.69, 9.17) is 10.2 Å². The maximum absolute atomic E-state index is 10.9. The summed E-state index contributed by atoms with van der Waals surface area (Å²) in [4.78, 5) is 25.4. The second-order valence-electron chi connectivity index (χ2n) is 3.65. The number of carbonyl (C=O) groups is 2. The van der Waals surface area contributed by atoms with Gasteiger partial charge in [0.25, 0.3) is 0 Å². The summed E-state index contributed by atoms with van der Waals surface area (Å²) in [6.07, 6.45) is 1.53. The molecular formula is C12H10N2O4. The van der Waals surface area contributed by atoms with Crippen LogP contribution in [0.5, 0.6) is 0 Å². The molecule has 1 heterocycles. The van der Waals surface area contributed by atoms with Gasteiger partial charge in [-0.25, -0.2) is 9.78 Å². The molecule has 2 rings (SSSR count). The van der Waals surface area contributed by atoms with Crippen LogP contribution in [0.25, 0.3) is 10.8 Å². The minimum Gasteiger partial charge on any atom is -0.480 e. The Morgan fingerprint density at radius 3 is 2.67 bits per heavy atom. The summed E-state index contributed by atoms with van der Waals surface area (Å²) in [6.45, 7) is -0.274. The van der Waals surface area contributed by atoms with Crippen LogP contribution in [-0.2, 0) is 4.79 Å². The van der Waals surface area contributed by atoms with E-state index >= 15 is 0 Å². The third kappa shape index (κ3) is 2.37. The maximum atomic E-state index is 10.9. The molecule has 1 aromatic heterocycles. The van der Waals surface area contributed by atoms with Gasteiger partial charge in [0.2, 0.25) is 0 Å². The number of anilines is 1. The van der Waals surface area contributed by atoms with E-state index in [0.717, 1.165) is 5.39 Å². The number of fused-ring (bicyclic) bond motifs is 1. The van der Waals surface area contributed by atoms with Crippen LogP contribution < -0.4 is 5.32 Å². The first-order valence-corrected chi connectivity index (χ1v) is 5.15. The van der Waals surface area contributed by atoms with E-state index in [1.165, 1.54) is 18.3 Å². The van der Waals surface area contributed by atoms with Gasteiger partial charge in [-0.1, -0.05) is 6.07 Å². The molecule has 0 aliphatic rings. The van der Waals surface area contributed by atoms with E-state index in [-0.39, 0.29) is 12.1 Å². The lowest BCUT2D eigenvalue weighted by Gasteiger charge is -2.07. The first kappa shape index (κ1) is 11.8. The van der Waals surface area contributed by atoms with Crippen molar-refractivity contribution in [2.75, 3.05) is 11.9 Å². The van der Waals surface area contributed by atoms with E-state index in [2.05, 4.69) is 10.3 Å². The molecule has 0 radical (unpaired) electrons. The average Bonchev–Trinajstić information content (AvgIpc) is 2.35. The third-order valence-electron chi connectivity index (χ3n) is 2.42. The Hall–Kier alpha value is -2.63. The normalized spacial score (nSPS) is 10.2.